The van der Waals surface area contributed by atoms with Crippen LogP contribution in [0.3, 0.4) is 0 Å². The van der Waals surface area contributed by atoms with Gasteiger partial charge < -0.3 is 25.4 Å². The van der Waals surface area contributed by atoms with Crippen molar-refractivity contribution >= 4 is 12.0 Å². The van der Waals surface area contributed by atoms with Crippen LogP contribution in [0.25, 0.3) is 0 Å². The van der Waals surface area contributed by atoms with Crippen LogP contribution in [0, 0.1) is 6.92 Å². The lowest BCUT2D eigenvalue weighted by Gasteiger charge is -2.18. The van der Waals surface area contributed by atoms with Crippen LogP contribution in [0.5, 0.6) is 0 Å². The number of aliphatic hydroxyl groups is 1. The lowest BCUT2D eigenvalue weighted by atomic mass is 10.1. The Kier molecular flexibility index (Phi) is 4.81. The molecule has 19 heavy (non-hydrogen) atoms. The summed E-state index contributed by atoms with van der Waals surface area (Å²) in [7, 11) is 0. The second-order valence-electron chi connectivity index (χ2n) is 4.17. The van der Waals surface area contributed by atoms with Gasteiger partial charge in [-0.3, -0.25) is 0 Å². The number of hydrogen-bond donors (Lipinski definition) is 4. The number of aryl methyl sites for hydroxylation is 1. The van der Waals surface area contributed by atoms with Crippen molar-refractivity contribution in [1.29, 1.82) is 0 Å². The van der Waals surface area contributed by atoms with Crippen LogP contribution in [-0.2, 0) is 11.2 Å². The summed E-state index contributed by atoms with van der Waals surface area (Å²) in [6.45, 7) is 2.63. The van der Waals surface area contributed by atoms with E-state index in [1.54, 1.807) is 6.92 Å². The third kappa shape index (κ3) is 4.92. The third-order valence-corrected chi connectivity index (χ3v) is 2.25. The maximum atomic E-state index is 11.3. The molecule has 0 aliphatic heterocycles. The number of carboxylic acids is 1. The number of aromatic nitrogens is 2. The van der Waals surface area contributed by atoms with Crippen LogP contribution in [0.1, 0.15) is 18.6 Å². The monoisotopic (exact) mass is 272 g/mol. The first kappa shape index (κ1) is 14.9. The molecule has 4 N–H and O–H groups in total. The van der Waals surface area contributed by atoms with E-state index in [1.807, 2.05) is 0 Å². The van der Waals surface area contributed by atoms with E-state index < -0.39 is 24.1 Å². The maximum Gasteiger partial charge on any atom is 0.337 e. The van der Waals surface area contributed by atoms with E-state index in [1.165, 1.54) is 0 Å². The highest BCUT2D eigenvalue weighted by atomic mass is 16.5. The van der Waals surface area contributed by atoms with Gasteiger partial charge in [0.25, 0.3) is 0 Å². The fourth-order valence-electron chi connectivity index (χ4n) is 1.12. The number of urea groups is 1. The van der Waals surface area contributed by atoms with E-state index in [4.69, 9.17) is 9.63 Å². The number of carboxylic acid groups (broad SMARTS) is 1. The summed E-state index contributed by atoms with van der Waals surface area (Å²) in [6.07, 6.45) is 0.365. The van der Waals surface area contributed by atoms with Gasteiger partial charge in [-0.25, -0.2) is 9.59 Å². The number of nitrogens with one attached hydrogen (secondary N) is 2. The molecular weight excluding hydrogens is 256 g/mol. The number of amides is 2. The molecule has 0 aromatic carbocycles. The van der Waals surface area contributed by atoms with Gasteiger partial charge in [0.1, 0.15) is 0 Å². The molecule has 9 heteroatoms. The van der Waals surface area contributed by atoms with Gasteiger partial charge in [-0.05, 0) is 13.8 Å². The Morgan fingerprint density at radius 3 is 2.63 bits per heavy atom. The smallest absolute Gasteiger partial charge is 0.337 e. The zero-order chi connectivity index (χ0) is 14.5. The lowest BCUT2D eigenvalue weighted by molar-refractivity contribution is -0.155. The van der Waals surface area contributed by atoms with Crippen molar-refractivity contribution < 1.29 is 24.3 Å². The molecule has 1 atom stereocenters. The van der Waals surface area contributed by atoms with Crippen molar-refractivity contribution in [3.63, 3.8) is 0 Å². The number of hydrogen-bond acceptors (Lipinski definition) is 6. The number of carbonyl (C=O) groups excluding carboxylic acids is 1. The van der Waals surface area contributed by atoms with E-state index in [0.717, 1.165) is 6.92 Å². The Balaban J connectivity index is 2.23. The van der Waals surface area contributed by atoms with Gasteiger partial charge in [-0.15, -0.1) is 0 Å². The number of rotatable bonds is 6. The molecule has 1 rings (SSSR count). The van der Waals surface area contributed by atoms with Crippen molar-refractivity contribution in [1.82, 2.24) is 20.8 Å². The Morgan fingerprint density at radius 2 is 2.11 bits per heavy atom. The molecule has 1 unspecified atom stereocenters. The predicted octanol–water partition coefficient (Wildman–Crippen LogP) is -0.945. The molecule has 1 heterocycles. The molecule has 2 amide bonds. The van der Waals surface area contributed by atoms with Gasteiger partial charge in [0.2, 0.25) is 5.89 Å². The van der Waals surface area contributed by atoms with Crippen molar-refractivity contribution in [3.05, 3.63) is 11.7 Å². The molecule has 106 valence electrons. The van der Waals surface area contributed by atoms with Crippen LogP contribution in [0.15, 0.2) is 4.52 Å². The van der Waals surface area contributed by atoms with Crippen LogP contribution in [0.2, 0.25) is 0 Å². The zero-order valence-corrected chi connectivity index (χ0v) is 10.6. The van der Waals surface area contributed by atoms with Gasteiger partial charge in [-0.2, -0.15) is 4.98 Å². The fraction of sp³-hybridized carbons (Fsp3) is 0.600. The van der Waals surface area contributed by atoms with Gasteiger partial charge in [0.05, 0.1) is 6.54 Å². The maximum absolute atomic E-state index is 11.3. The molecule has 0 aliphatic rings. The molecule has 0 bridgehead atoms. The van der Waals surface area contributed by atoms with E-state index >= 15 is 0 Å². The number of aliphatic carboxylic acids is 1. The van der Waals surface area contributed by atoms with Crippen molar-refractivity contribution in [2.45, 2.75) is 25.9 Å². The first-order valence-electron chi connectivity index (χ1n) is 5.58. The summed E-state index contributed by atoms with van der Waals surface area (Å²) in [5.74, 6) is -0.499. The largest absolute Gasteiger partial charge is 0.479 e. The summed E-state index contributed by atoms with van der Waals surface area (Å²) in [5.41, 5.74) is -2.00. The quantitative estimate of drug-likeness (QED) is 0.524. The summed E-state index contributed by atoms with van der Waals surface area (Å²) in [5, 5.41) is 26.3. The average Bonchev–Trinajstić information content (AvgIpc) is 2.72. The first-order chi connectivity index (χ1) is 8.81. The molecular formula is C10H16N4O5. The Bertz CT molecular complexity index is 457. The van der Waals surface area contributed by atoms with E-state index in [-0.39, 0.29) is 6.54 Å². The topological polar surface area (TPSA) is 138 Å². The highest BCUT2D eigenvalue weighted by Gasteiger charge is 2.30. The zero-order valence-electron chi connectivity index (χ0n) is 10.6. The minimum Gasteiger partial charge on any atom is -0.479 e. The normalized spacial score (nSPS) is 13.6. The minimum absolute atomic E-state index is 0.253. The van der Waals surface area contributed by atoms with Crippen molar-refractivity contribution in [2.24, 2.45) is 0 Å². The molecule has 0 saturated carbocycles. The van der Waals surface area contributed by atoms with Gasteiger partial charge in [0.15, 0.2) is 11.4 Å². The Labute approximate surface area is 109 Å². The lowest BCUT2D eigenvalue weighted by Crippen LogP contribution is -2.49. The molecule has 0 fully saturated rings. The fourth-order valence-corrected chi connectivity index (χ4v) is 1.12. The second kappa shape index (κ2) is 6.14. The van der Waals surface area contributed by atoms with Crippen molar-refractivity contribution in [3.8, 4) is 0 Å². The number of nitrogens with zero attached hydrogens (tertiary/aromatic N) is 2. The van der Waals surface area contributed by atoms with E-state index in [9.17, 15) is 14.7 Å². The molecule has 9 nitrogen and oxygen atoms in total. The van der Waals surface area contributed by atoms with Crippen molar-refractivity contribution in [2.75, 3.05) is 13.1 Å². The summed E-state index contributed by atoms with van der Waals surface area (Å²) < 4.78 is 4.84. The standard InChI is InChI=1S/C10H16N4O5/c1-6-13-7(19-14-6)3-4-11-9(17)12-5-10(2,18)8(15)16/h18H,3-5H2,1-2H3,(H,15,16)(H2,11,12,17). The van der Waals surface area contributed by atoms with E-state index in [2.05, 4.69) is 20.8 Å². The van der Waals surface area contributed by atoms with Crippen LogP contribution >= 0.6 is 0 Å². The predicted molar refractivity (Wildman–Crippen MR) is 62.4 cm³/mol. The minimum atomic E-state index is -2.00. The van der Waals surface area contributed by atoms with Gasteiger partial charge in [-0.1, -0.05) is 5.16 Å². The summed E-state index contributed by atoms with van der Waals surface area (Å²) >= 11 is 0. The SMILES string of the molecule is Cc1noc(CCNC(=O)NCC(C)(O)C(=O)O)n1. The molecule has 1 aromatic heterocycles. The molecule has 0 aliphatic carbocycles. The first-order valence-corrected chi connectivity index (χ1v) is 5.58. The summed E-state index contributed by atoms with van der Waals surface area (Å²) in [4.78, 5) is 25.8. The number of carbonyl (C=O) groups is 2. The van der Waals surface area contributed by atoms with E-state index in [0.29, 0.717) is 18.1 Å². The summed E-state index contributed by atoms with van der Waals surface area (Å²) in [6, 6.07) is -0.585. The highest BCUT2D eigenvalue weighted by Crippen LogP contribution is 2.00. The average molecular weight is 272 g/mol. The van der Waals surface area contributed by atoms with Crippen LogP contribution in [-0.4, -0.2) is 51.0 Å². The second-order valence-corrected chi connectivity index (χ2v) is 4.17. The molecule has 0 saturated heterocycles. The molecule has 1 aromatic rings. The van der Waals surface area contributed by atoms with Crippen LogP contribution in [0.4, 0.5) is 4.79 Å². The highest BCUT2D eigenvalue weighted by molar-refractivity contribution is 5.79. The Morgan fingerprint density at radius 1 is 1.42 bits per heavy atom. The Hall–Kier alpha value is -2.16. The molecule has 0 spiro atoms. The van der Waals surface area contributed by atoms with Crippen LogP contribution < -0.4 is 10.6 Å². The van der Waals surface area contributed by atoms with Gasteiger partial charge >= 0.3 is 12.0 Å². The third-order valence-electron chi connectivity index (χ3n) is 2.25. The van der Waals surface area contributed by atoms with Gasteiger partial charge in [0, 0.05) is 13.0 Å². The molecule has 0 radical (unpaired) electrons.